The molecule has 0 aliphatic heterocycles. The van der Waals surface area contributed by atoms with E-state index in [1.54, 1.807) is 35.0 Å². The Hall–Kier alpha value is -3.29. The maximum Gasteiger partial charge on any atom is 0.328 e. The molecular formula is C22H19ClFNO5. The molecule has 0 radical (unpaired) electrons. The highest BCUT2D eigenvalue weighted by atomic mass is 35.5. The fourth-order valence-electron chi connectivity index (χ4n) is 3.21. The number of nitrogens with zero attached hydrogens (tertiary/aromatic N) is 1. The van der Waals surface area contributed by atoms with Crippen molar-refractivity contribution in [3.8, 4) is 17.2 Å². The number of benzene rings is 2. The number of carboxylic acid groups (broad SMARTS) is 1. The van der Waals surface area contributed by atoms with Crippen molar-refractivity contribution >= 4 is 23.6 Å². The highest BCUT2D eigenvalue weighted by Gasteiger charge is 2.26. The minimum atomic E-state index is -1.44. The van der Waals surface area contributed by atoms with Gasteiger partial charge in [-0.15, -0.1) is 0 Å². The van der Waals surface area contributed by atoms with Crippen molar-refractivity contribution in [2.45, 2.75) is 6.10 Å². The molecule has 0 spiro atoms. The standard InChI is InChI=1S/C22H19ClFNO5/c1-29-18-9-7-16(24)20(22(18)30-2)21(28)15-12-13(23)5-8-17(15)25-11-3-4-14(25)6-10-19(26)27/h3-12,21,28H,1-2H3,(H,26,27)/b10-6+. The summed E-state index contributed by atoms with van der Waals surface area (Å²) in [5, 5.41) is 20.4. The van der Waals surface area contributed by atoms with Crippen LogP contribution in [0, 0.1) is 5.82 Å². The highest BCUT2D eigenvalue weighted by molar-refractivity contribution is 6.30. The molecule has 0 fully saturated rings. The molecule has 1 heterocycles. The first-order valence-electron chi connectivity index (χ1n) is 8.84. The molecule has 0 saturated heterocycles. The topological polar surface area (TPSA) is 80.9 Å². The number of carboxylic acids is 1. The Labute approximate surface area is 177 Å². The smallest absolute Gasteiger partial charge is 0.328 e. The average Bonchev–Trinajstić information content (AvgIpc) is 3.19. The molecule has 0 saturated carbocycles. The molecule has 2 N–H and O–H groups in total. The third kappa shape index (κ3) is 4.17. The molecule has 8 heteroatoms. The van der Waals surface area contributed by atoms with Gasteiger partial charge in [-0.1, -0.05) is 11.6 Å². The van der Waals surface area contributed by atoms with Crippen molar-refractivity contribution in [1.29, 1.82) is 0 Å². The van der Waals surface area contributed by atoms with E-state index in [2.05, 4.69) is 0 Å². The maximum atomic E-state index is 14.7. The van der Waals surface area contributed by atoms with Crippen molar-refractivity contribution < 1.29 is 28.9 Å². The number of methoxy groups -OCH3 is 2. The number of halogens is 2. The van der Waals surface area contributed by atoms with E-state index in [9.17, 15) is 14.3 Å². The van der Waals surface area contributed by atoms with Gasteiger partial charge in [0.2, 0.25) is 0 Å². The summed E-state index contributed by atoms with van der Waals surface area (Å²) in [5.41, 5.74) is 1.24. The van der Waals surface area contributed by atoms with Gasteiger partial charge in [0.15, 0.2) is 11.5 Å². The summed E-state index contributed by atoms with van der Waals surface area (Å²) < 4.78 is 26.9. The zero-order valence-electron chi connectivity index (χ0n) is 16.2. The Morgan fingerprint density at radius 1 is 1.20 bits per heavy atom. The van der Waals surface area contributed by atoms with E-state index in [4.69, 9.17) is 26.2 Å². The summed E-state index contributed by atoms with van der Waals surface area (Å²) in [6, 6.07) is 10.8. The second-order valence-corrected chi connectivity index (χ2v) is 6.71. The van der Waals surface area contributed by atoms with Gasteiger partial charge in [0, 0.05) is 28.6 Å². The Morgan fingerprint density at radius 2 is 1.97 bits per heavy atom. The lowest BCUT2D eigenvalue weighted by atomic mass is 9.97. The number of hydrogen-bond donors (Lipinski definition) is 2. The molecule has 30 heavy (non-hydrogen) atoms. The van der Waals surface area contributed by atoms with E-state index < -0.39 is 17.9 Å². The van der Waals surface area contributed by atoms with Gasteiger partial charge in [-0.05, 0) is 48.5 Å². The second kappa shape index (κ2) is 9.02. The van der Waals surface area contributed by atoms with Crippen LogP contribution in [0.2, 0.25) is 5.02 Å². The van der Waals surface area contributed by atoms with Gasteiger partial charge in [-0.2, -0.15) is 0 Å². The minimum absolute atomic E-state index is 0.0643. The first-order chi connectivity index (χ1) is 14.4. The normalized spacial score (nSPS) is 12.2. The summed E-state index contributed by atoms with van der Waals surface area (Å²) in [4.78, 5) is 10.9. The van der Waals surface area contributed by atoms with Gasteiger partial charge < -0.3 is 24.3 Å². The van der Waals surface area contributed by atoms with Crippen molar-refractivity contribution in [3.63, 3.8) is 0 Å². The molecule has 1 aromatic heterocycles. The van der Waals surface area contributed by atoms with Crippen molar-refractivity contribution in [2.24, 2.45) is 0 Å². The zero-order chi connectivity index (χ0) is 21.8. The first-order valence-corrected chi connectivity index (χ1v) is 9.21. The van der Waals surface area contributed by atoms with Crippen LogP contribution in [-0.4, -0.2) is 35.0 Å². The molecule has 1 unspecified atom stereocenters. The molecule has 1 atom stereocenters. The van der Waals surface area contributed by atoms with Gasteiger partial charge in [-0.25, -0.2) is 9.18 Å². The fourth-order valence-corrected chi connectivity index (χ4v) is 3.39. The van der Waals surface area contributed by atoms with Crippen molar-refractivity contribution in [2.75, 3.05) is 14.2 Å². The Morgan fingerprint density at radius 3 is 2.63 bits per heavy atom. The number of carbonyl (C=O) groups is 1. The summed E-state index contributed by atoms with van der Waals surface area (Å²) in [6.45, 7) is 0. The molecular weight excluding hydrogens is 413 g/mol. The molecule has 156 valence electrons. The van der Waals surface area contributed by atoms with Gasteiger partial charge in [0.1, 0.15) is 11.9 Å². The van der Waals surface area contributed by atoms with E-state index in [1.807, 2.05) is 0 Å². The van der Waals surface area contributed by atoms with E-state index in [0.29, 0.717) is 22.0 Å². The largest absolute Gasteiger partial charge is 0.493 e. The average molecular weight is 432 g/mol. The number of ether oxygens (including phenoxy) is 2. The number of aromatic nitrogens is 1. The van der Waals surface area contributed by atoms with E-state index in [-0.39, 0.29) is 17.1 Å². The van der Waals surface area contributed by atoms with Crippen LogP contribution < -0.4 is 9.47 Å². The lowest BCUT2D eigenvalue weighted by Gasteiger charge is -2.21. The highest BCUT2D eigenvalue weighted by Crippen LogP contribution is 2.41. The van der Waals surface area contributed by atoms with E-state index >= 15 is 0 Å². The summed E-state index contributed by atoms with van der Waals surface area (Å²) in [7, 11) is 2.77. The molecule has 2 aromatic carbocycles. The van der Waals surface area contributed by atoms with Crippen molar-refractivity contribution in [3.05, 3.63) is 82.4 Å². The third-order valence-electron chi connectivity index (χ3n) is 4.52. The van der Waals surface area contributed by atoms with E-state index in [1.165, 1.54) is 38.5 Å². The SMILES string of the molecule is COc1ccc(F)c(C(O)c2cc(Cl)ccc2-n2cccc2/C=C/C(=O)O)c1OC. The van der Waals surface area contributed by atoms with Crippen LogP contribution in [0.5, 0.6) is 11.5 Å². The first kappa shape index (κ1) is 21.4. The maximum absolute atomic E-state index is 14.7. The molecule has 0 aliphatic rings. The van der Waals surface area contributed by atoms with Crippen molar-refractivity contribution in [1.82, 2.24) is 4.57 Å². The monoisotopic (exact) mass is 431 g/mol. The summed E-state index contributed by atoms with van der Waals surface area (Å²) in [6.07, 6.45) is 2.67. The predicted octanol–water partition coefficient (Wildman–Crippen LogP) is 4.47. The number of aliphatic carboxylic acids is 1. The molecule has 3 rings (SSSR count). The minimum Gasteiger partial charge on any atom is -0.493 e. The number of aliphatic hydroxyl groups is 1. The molecule has 6 nitrogen and oxygen atoms in total. The molecule has 0 bridgehead atoms. The van der Waals surface area contributed by atoms with Crippen LogP contribution >= 0.6 is 11.6 Å². The Bertz CT molecular complexity index is 1110. The number of aliphatic hydroxyl groups excluding tert-OH is 1. The van der Waals surface area contributed by atoms with Crippen LogP contribution in [0.1, 0.15) is 22.9 Å². The lowest BCUT2D eigenvalue weighted by molar-refractivity contribution is -0.131. The van der Waals surface area contributed by atoms with Crippen LogP contribution in [0.15, 0.2) is 54.7 Å². The van der Waals surface area contributed by atoms with Gasteiger partial charge in [-0.3, -0.25) is 0 Å². The third-order valence-corrected chi connectivity index (χ3v) is 4.76. The fraction of sp³-hybridized carbons (Fsp3) is 0.136. The second-order valence-electron chi connectivity index (χ2n) is 6.28. The Kier molecular flexibility index (Phi) is 6.44. The lowest BCUT2D eigenvalue weighted by Crippen LogP contribution is -2.10. The Balaban J connectivity index is 2.20. The predicted molar refractivity (Wildman–Crippen MR) is 111 cm³/mol. The summed E-state index contributed by atoms with van der Waals surface area (Å²) in [5.74, 6) is -1.44. The van der Waals surface area contributed by atoms with Crippen LogP contribution in [0.3, 0.4) is 0 Å². The molecule has 3 aromatic rings. The van der Waals surface area contributed by atoms with Crippen LogP contribution in [0.4, 0.5) is 4.39 Å². The van der Waals surface area contributed by atoms with Gasteiger partial charge in [0.05, 0.1) is 25.5 Å². The number of rotatable bonds is 7. The molecule has 0 amide bonds. The van der Waals surface area contributed by atoms with Crippen LogP contribution in [-0.2, 0) is 4.79 Å². The van der Waals surface area contributed by atoms with Crippen LogP contribution in [0.25, 0.3) is 11.8 Å². The quantitative estimate of drug-likeness (QED) is 0.539. The summed E-state index contributed by atoms with van der Waals surface area (Å²) >= 11 is 6.16. The van der Waals surface area contributed by atoms with Gasteiger partial charge in [0.25, 0.3) is 0 Å². The zero-order valence-corrected chi connectivity index (χ0v) is 16.9. The molecule has 0 aliphatic carbocycles. The number of hydrogen-bond acceptors (Lipinski definition) is 4. The van der Waals surface area contributed by atoms with Gasteiger partial charge >= 0.3 is 5.97 Å². The van der Waals surface area contributed by atoms with E-state index in [0.717, 1.165) is 6.08 Å².